The van der Waals surface area contributed by atoms with Gasteiger partial charge in [0.1, 0.15) is 6.04 Å². The summed E-state index contributed by atoms with van der Waals surface area (Å²) in [5.41, 5.74) is 5.70. The van der Waals surface area contributed by atoms with Gasteiger partial charge in [0.2, 0.25) is 5.91 Å². The highest BCUT2D eigenvalue weighted by atomic mass is 16.4. The normalized spacial score (nSPS) is 20.1. The van der Waals surface area contributed by atoms with Crippen LogP contribution in [0.5, 0.6) is 0 Å². The van der Waals surface area contributed by atoms with Crippen LogP contribution in [0.3, 0.4) is 0 Å². The third-order valence-corrected chi connectivity index (χ3v) is 3.62. The molecular weight excluding hydrogens is 232 g/mol. The van der Waals surface area contributed by atoms with Gasteiger partial charge in [-0.2, -0.15) is 0 Å². The number of aliphatic carboxylic acids is 1. The summed E-state index contributed by atoms with van der Waals surface area (Å²) in [4.78, 5) is 23.1. The molecule has 0 radical (unpaired) electrons. The third-order valence-electron chi connectivity index (χ3n) is 3.62. The first-order chi connectivity index (χ1) is 8.56. The molecule has 1 rings (SSSR count). The second kappa shape index (κ2) is 7.36. The predicted molar refractivity (Wildman–Crippen MR) is 69.0 cm³/mol. The highest BCUT2D eigenvalue weighted by Gasteiger charge is 2.31. The third kappa shape index (κ3) is 4.29. The minimum Gasteiger partial charge on any atom is -0.480 e. The van der Waals surface area contributed by atoms with Crippen LogP contribution < -0.4 is 11.1 Å². The van der Waals surface area contributed by atoms with Gasteiger partial charge in [-0.1, -0.05) is 32.6 Å². The predicted octanol–water partition coefficient (Wildman–Crippen LogP) is 1.26. The van der Waals surface area contributed by atoms with Crippen LogP contribution in [-0.2, 0) is 9.59 Å². The van der Waals surface area contributed by atoms with Crippen molar-refractivity contribution in [1.29, 1.82) is 0 Å². The van der Waals surface area contributed by atoms with Crippen molar-refractivity contribution in [3.05, 3.63) is 0 Å². The lowest BCUT2D eigenvalue weighted by molar-refractivity contribution is -0.144. The van der Waals surface area contributed by atoms with Crippen LogP contribution in [0.4, 0.5) is 0 Å². The van der Waals surface area contributed by atoms with Gasteiger partial charge in [-0.25, -0.2) is 4.79 Å². The van der Waals surface area contributed by atoms with E-state index in [2.05, 4.69) is 5.32 Å². The maximum atomic E-state index is 11.8. The number of carboxylic acids is 1. The van der Waals surface area contributed by atoms with E-state index in [1.165, 1.54) is 0 Å². The topological polar surface area (TPSA) is 92.4 Å². The molecule has 104 valence electrons. The highest BCUT2D eigenvalue weighted by molar-refractivity contribution is 5.86. The van der Waals surface area contributed by atoms with Gasteiger partial charge in [0.15, 0.2) is 0 Å². The summed E-state index contributed by atoms with van der Waals surface area (Å²) in [5, 5.41) is 11.8. The zero-order valence-electron chi connectivity index (χ0n) is 11.0. The van der Waals surface area contributed by atoms with Gasteiger partial charge in [0.25, 0.3) is 0 Å². The lowest BCUT2D eigenvalue weighted by atomic mass is 9.83. The molecule has 0 saturated heterocycles. The Morgan fingerprint density at radius 1 is 1.33 bits per heavy atom. The van der Waals surface area contributed by atoms with Crippen molar-refractivity contribution in [3.63, 3.8) is 0 Å². The Labute approximate surface area is 108 Å². The summed E-state index contributed by atoms with van der Waals surface area (Å²) in [5.74, 6) is -1.23. The lowest BCUT2D eigenvalue weighted by Crippen LogP contribution is -2.51. The Kier molecular flexibility index (Phi) is 6.12. The SMILES string of the molecule is CCC[C@H](N)C(=O)NC(C(=O)O)C1CCCCC1. The molecule has 0 aromatic rings. The van der Waals surface area contributed by atoms with Gasteiger partial charge in [0, 0.05) is 0 Å². The largest absolute Gasteiger partial charge is 0.480 e. The van der Waals surface area contributed by atoms with E-state index < -0.39 is 18.1 Å². The van der Waals surface area contributed by atoms with E-state index in [0.717, 1.165) is 38.5 Å². The second-order valence-corrected chi connectivity index (χ2v) is 5.12. The molecule has 4 N–H and O–H groups in total. The number of nitrogens with one attached hydrogen (secondary N) is 1. The average Bonchev–Trinajstić information content (AvgIpc) is 2.36. The molecule has 0 spiro atoms. The molecule has 18 heavy (non-hydrogen) atoms. The Morgan fingerprint density at radius 2 is 1.94 bits per heavy atom. The number of hydrogen-bond acceptors (Lipinski definition) is 3. The molecule has 5 nitrogen and oxygen atoms in total. The minimum absolute atomic E-state index is 0.0500. The van der Waals surface area contributed by atoms with Crippen LogP contribution in [0.2, 0.25) is 0 Å². The van der Waals surface area contributed by atoms with Crippen molar-refractivity contribution in [3.8, 4) is 0 Å². The van der Waals surface area contributed by atoms with Crippen molar-refractivity contribution in [2.45, 2.75) is 64.0 Å². The molecule has 0 aromatic heterocycles. The van der Waals surface area contributed by atoms with E-state index in [4.69, 9.17) is 5.73 Å². The molecule has 1 aliphatic rings. The van der Waals surface area contributed by atoms with Crippen LogP contribution in [0.25, 0.3) is 0 Å². The van der Waals surface area contributed by atoms with Crippen LogP contribution in [-0.4, -0.2) is 29.1 Å². The van der Waals surface area contributed by atoms with Crippen molar-refractivity contribution < 1.29 is 14.7 Å². The molecular formula is C13H24N2O3. The fraction of sp³-hybridized carbons (Fsp3) is 0.846. The second-order valence-electron chi connectivity index (χ2n) is 5.12. The number of rotatable bonds is 6. The quantitative estimate of drug-likeness (QED) is 0.667. The van der Waals surface area contributed by atoms with Crippen molar-refractivity contribution >= 4 is 11.9 Å². The summed E-state index contributed by atoms with van der Waals surface area (Å²) in [6.45, 7) is 1.95. The number of carbonyl (C=O) groups is 2. The summed E-state index contributed by atoms with van der Waals surface area (Å²) in [6.07, 6.45) is 6.40. The summed E-state index contributed by atoms with van der Waals surface area (Å²) in [6, 6.07) is -1.37. The van der Waals surface area contributed by atoms with E-state index >= 15 is 0 Å². The number of nitrogens with two attached hydrogens (primary N) is 1. The molecule has 0 bridgehead atoms. The average molecular weight is 256 g/mol. The maximum Gasteiger partial charge on any atom is 0.326 e. The van der Waals surface area contributed by atoms with Crippen molar-refractivity contribution in [2.24, 2.45) is 11.7 Å². The molecule has 1 fully saturated rings. The highest BCUT2D eigenvalue weighted by Crippen LogP contribution is 2.26. The molecule has 0 heterocycles. The van der Waals surface area contributed by atoms with E-state index in [0.29, 0.717) is 6.42 Å². The summed E-state index contributed by atoms with van der Waals surface area (Å²) < 4.78 is 0. The first-order valence-electron chi connectivity index (χ1n) is 6.85. The number of hydrogen-bond donors (Lipinski definition) is 3. The Bertz CT molecular complexity index is 288. The van der Waals surface area contributed by atoms with E-state index in [1.807, 2.05) is 6.92 Å². The van der Waals surface area contributed by atoms with Crippen molar-refractivity contribution in [1.82, 2.24) is 5.32 Å². The van der Waals surface area contributed by atoms with Crippen molar-refractivity contribution in [2.75, 3.05) is 0 Å². The van der Waals surface area contributed by atoms with E-state index in [1.54, 1.807) is 0 Å². The van der Waals surface area contributed by atoms with Gasteiger partial charge in [-0.3, -0.25) is 4.79 Å². The van der Waals surface area contributed by atoms with Gasteiger partial charge < -0.3 is 16.2 Å². The lowest BCUT2D eigenvalue weighted by Gasteiger charge is -2.28. The van der Waals surface area contributed by atoms with Gasteiger partial charge >= 0.3 is 5.97 Å². The molecule has 1 unspecified atom stereocenters. The summed E-state index contributed by atoms with van der Waals surface area (Å²) in [7, 11) is 0. The van der Waals surface area contributed by atoms with Gasteiger partial charge in [-0.05, 0) is 25.2 Å². The zero-order chi connectivity index (χ0) is 13.5. The number of carbonyl (C=O) groups excluding carboxylic acids is 1. The minimum atomic E-state index is -0.945. The van der Waals surface area contributed by atoms with Crippen LogP contribution >= 0.6 is 0 Å². The smallest absolute Gasteiger partial charge is 0.326 e. The van der Waals surface area contributed by atoms with Gasteiger partial charge in [0.05, 0.1) is 6.04 Å². The first kappa shape index (κ1) is 15.0. The Morgan fingerprint density at radius 3 is 2.44 bits per heavy atom. The van der Waals surface area contributed by atoms with Crippen LogP contribution in [0.1, 0.15) is 51.9 Å². The van der Waals surface area contributed by atoms with Crippen LogP contribution in [0.15, 0.2) is 0 Å². The van der Waals surface area contributed by atoms with Gasteiger partial charge in [-0.15, -0.1) is 0 Å². The fourth-order valence-electron chi connectivity index (χ4n) is 2.55. The number of carboxylic acid groups (broad SMARTS) is 1. The molecule has 0 aliphatic heterocycles. The Hall–Kier alpha value is -1.10. The number of amides is 1. The summed E-state index contributed by atoms with van der Waals surface area (Å²) >= 11 is 0. The van der Waals surface area contributed by atoms with Crippen LogP contribution in [0, 0.1) is 5.92 Å². The standard InChI is InChI=1S/C13H24N2O3/c1-2-6-10(14)12(16)15-11(13(17)18)9-7-4-3-5-8-9/h9-11H,2-8,14H2,1H3,(H,15,16)(H,17,18)/t10-,11?/m0/s1. The maximum absolute atomic E-state index is 11.8. The molecule has 2 atom stereocenters. The molecule has 1 aliphatic carbocycles. The molecule has 1 saturated carbocycles. The Balaban J connectivity index is 2.56. The molecule has 1 amide bonds. The monoisotopic (exact) mass is 256 g/mol. The molecule has 5 heteroatoms. The zero-order valence-corrected chi connectivity index (χ0v) is 11.0. The molecule has 0 aromatic carbocycles. The van der Waals surface area contributed by atoms with E-state index in [-0.39, 0.29) is 11.8 Å². The fourth-order valence-corrected chi connectivity index (χ4v) is 2.55. The first-order valence-corrected chi connectivity index (χ1v) is 6.85. The van der Waals surface area contributed by atoms with E-state index in [9.17, 15) is 14.7 Å².